The summed E-state index contributed by atoms with van der Waals surface area (Å²) in [6.45, 7) is 5.09. The number of benzene rings is 1. The van der Waals surface area contributed by atoms with E-state index in [-0.39, 0.29) is 42.9 Å². The highest BCUT2D eigenvalue weighted by Crippen LogP contribution is 2.44. The normalized spacial score (nSPS) is 28.9. The summed E-state index contributed by atoms with van der Waals surface area (Å²) in [5.41, 5.74) is 1.99. The first-order valence-electron chi connectivity index (χ1n) is 12.4. The minimum atomic E-state index is -2.60. The van der Waals surface area contributed by atoms with Crippen LogP contribution in [0.4, 0.5) is 8.78 Å². The molecule has 0 spiro atoms. The largest absolute Gasteiger partial charge is 0.331 e. The first kappa shape index (κ1) is 24.6. The van der Waals surface area contributed by atoms with E-state index >= 15 is 0 Å². The van der Waals surface area contributed by atoms with Crippen molar-refractivity contribution in [2.24, 2.45) is 5.84 Å². The van der Waals surface area contributed by atoms with Crippen LogP contribution in [0.25, 0.3) is 0 Å². The lowest BCUT2D eigenvalue weighted by atomic mass is 9.96. The van der Waals surface area contributed by atoms with Crippen molar-refractivity contribution in [2.45, 2.75) is 95.4 Å². The number of halogens is 2. The number of hydrogen-bond acceptors (Lipinski definition) is 5. The summed E-state index contributed by atoms with van der Waals surface area (Å²) >= 11 is 0. The van der Waals surface area contributed by atoms with Gasteiger partial charge in [0.15, 0.2) is 0 Å². The van der Waals surface area contributed by atoms with Crippen LogP contribution >= 0.6 is 0 Å². The summed E-state index contributed by atoms with van der Waals surface area (Å²) < 4.78 is 28.2. The molecule has 3 heterocycles. The van der Waals surface area contributed by atoms with Crippen LogP contribution in [0.15, 0.2) is 36.0 Å². The minimum absolute atomic E-state index is 0.00288. The number of nitriles is 1. The predicted molar refractivity (Wildman–Crippen MR) is 126 cm³/mol. The van der Waals surface area contributed by atoms with Crippen molar-refractivity contribution in [3.8, 4) is 6.07 Å². The summed E-state index contributed by atoms with van der Waals surface area (Å²) in [5.74, 6) is 3.76. The zero-order valence-electron chi connectivity index (χ0n) is 20.1. The average Bonchev–Trinajstić information content (AvgIpc) is 3.10. The summed E-state index contributed by atoms with van der Waals surface area (Å²) in [6, 6.07) is 8.91. The van der Waals surface area contributed by atoms with E-state index in [0.717, 1.165) is 37.7 Å². The Morgan fingerprint density at radius 3 is 2.47 bits per heavy atom. The van der Waals surface area contributed by atoms with E-state index in [1.807, 2.05) is 30.0 Å². The zero-order chi connectivity index (χ0) is 24.5. The van der Waals surface area contributed by atoms with Crippen LogP contribution in [0.2, 0.25) is 0 Å². The average molecular weight is 472 g/mol. The van der Waals surface area contributed by atoms with Crippen LogP contribution in [0.5, 0.6) is 0 Å². The quantitative estimate of drug-likeness (QED) is 0.477. The van der Waals surface area contributed by atoms with Gasteiger partial charge in [0, 0.05) is 44.1 Å². The Bertz CT molecular complexity index is 941. The molecule has 4 unspecified atom stereocenters. The molecule has 184 valence electrons. The number of hydrazine groups is 1. The highest BCUT2D eigenvalue weighted by molar-refractivity contribution is 5.93. The van der Waals surface area contributed by atoms with Crippen LogP contribution in [-0.2, 0) is 11.3 Å². The number of piperazine rings is 1. The van der Waals surface area contributed by atoms with Crippen molar-refractivity contribution in [2.75, 3.05) is 6.54 Å². The van der Waals surface area contributed by atoms with Crippen molar-refractivity contribution >= 4 is 5.91 Å². The first-order valence-corrected chi connectivity index (χ1v) is 12.4. The van der Waals surface area contributed by atoms with Crippen molar-refractivity contribution in [1.82, 2.24) is 14.8 Å². The van der Waals surface area contributed by atoms with E-state index < -0.39 is 5.92 Å². The third-order valence-electron chi connectivity index (χ3n) is 7.57. The molecule has 0 radical (unpaired) electrons. The van der Waals surface area contributed by atoms with E-state index in [1.165, 1.54) is 0 Å². The number of piperidine rings is 1. The standard InChI is InChI=1S/C26H35F2N5O/c1-3-4-5-23-17-31(16-20-8-6-19(15-29)7-9-20)25(34)24(33(23)30)12-18(2)32-21-10-11-22(32)14-26(27,28)13-21/h6-9,12,18,21-23H,3-5,10-11,13-14,16-17,30H2,1-2H3/b24-12-. The first-order chi connectivity index (χ1) is 16.2. The van der Waals surface area contributed by atoms with Gasteiger partial charge in [-0.1, -0.05) is 31.9 Å². The highest BCUT2D eigenvalue weighted by Gasteiger charge is 2.50. The van der Waals surface area contributed by atoms with Gasteiger partial charge in [-0.2, -0.15) is 5.26 Å². The molecular formula is C26H35F2N5O. The molecule has 4 rings (SSSR count). The predicted octanol–water partition coefficient (Wildman–Crippen LogP) is 4.17. The summed E-state index contributed by atoms with van der Waals surface area (Å²) in [6.07, 6.45) is 6.14. The molecule has 34 heavy (non-hydrogen) atoms. The number of nitrogens with two attached hydrogens (primary N) is 1. The second kappa shape index (κ2) is 10.0. The molecule has 2 bridgehead atoms. The van der Waals surface area contributed by atoms with E-state index in [1.54, 1.807) is 17.1 Å². The lowest BCUT2D eigenvalue weighted by molar-refractivity contribution is -0.134. The van der Waals surface area contributed by atoms with Crippen molar-refractivity contribution in [3.05, 3.63) is 47.2 Å². The van der Waals surface area contributed by atoms with Crippen LogP contribution in [0.3, 0.4) is 0 Å². The van der Waals surface area contributed by atoms with Gasteiger partial charge in [-0.05, 0) is 50.0 Å². The SMILES string of the molecule is CCCCC1CN(Cc2ccc(C#N)cc2)C(=O)/C(=C/C(C)N2C3CCC2CC(F)(F)C3)N1N. The number of carbonyl (C=O) groups is 1. The maximum Gasteiger partial charge on any atom is 0.271 e. The number of unbranched alkanes of at least 4 members (excludes halogenated alkanes) is 1. The molecule has 6 nitrogen and oxygen atoms in total. The molecule has 4 atom stereocenters. The molecule has 0 saturated carbocycles. The fraction of sp³-hybridized carbons (Fsp3) is 0.615. The molecule has 0 aliphatic carbocycles. The molecule has 1 aromatic carbocycles. The third-order valence-corrected chi connectivity index (χ3v) is 7.57. The van der Waals surface area contributed by atoms with Gasteiger partial charge in [-0.3, -0.25) is 9.69 Å². The van der Waals surface area contributed by atoms with E-state index in [9.17, 15) is 13.6 Å². The Kier molecular flexibility index (Phi) is 7.25. The van der Waals surface area contributed by atoms with Gasteiger partial charge in [0.2, 0.25) is 0 Å². The molecule has 1 aromatic rings. The topological polar surface area (TPSA) is 76.6 Å². The number of alkyl halides is 2. The fourth-order valence-electron chi connectivity index (χ4n) is 5.91. The highest BCUT2D eigenvalue weighted by atomic mass is 19.3. The number of carbonyl (C=O) groups excluding carboxylic acids is 1. The van der Waals surface area contributed by atoms with Crippen molar-refractivity contribution in [3.63, 3.8) is 0 Å². The minimum Gasteiger partial charge on any atom is -0.331 e. The molecular weight excluding hydrogens is 436 g/mol. The van der Waals surface area contributed by atoms with E-state index in [4.69, 9.17) is 11.1 Å². The van der Waals surface area contributed by atoms with Crippen LogP contribution in [0.1, 0.15) is 69.9 Å². The van der Waals surface area contributed by atoms with Gasteiger partial charge in [0.05, 0.1) is 17.7 Å². The van der Waals surface area contributed by atoms with Gasteiger partial charge in [-0.25, -0.2) is 14.6 Å². The number of rotatable bonds is 7. The summed E-state index contributed by atoms with van der Waals surface area (Å²) in [4.78, 5) is 17.5. The molecule has 8 heteroatoms. The summed E-state index contributed by atoms with van der Waals surface area (Å²) in [7, 11) is 0. The van der Waals surface area contributed by atoms with Gasteiger partial charge in [-0.15, -0.1) is 0 Å². The number of amides is 1. The van der Waals surface area contributed by atoms with Crippen LogP contribution < -0.4 is 5.84 Å². The second-order valence-electron chi connectivity index (χ2n) is 10.1. The molecule has 1 amide bonds. The smallest absolute Gasteiger partial charge is 0.271 e. The maximum absolute atomic E-state index is 14.1. The van der Waals surface area contributed by atoms with Gasteiger partial charge in [0.25, 0.3) is 11.8 Å². The van der Waals surface area contributed by atoms with Crippen molar-refractivity contribution in [1.29, 1.82) is 5.26 Å². The Labute approximate surface area is 200 Å². The van der Waals surface area contributed by atoms with Gasteiger partial charge >= 0.3 is 0 Å². The molecule has 3 saturated heterocycles. The Morgan fingerprint density at radius 1 is 1.24 bits per heavy atom. The van der Waals surface area contributed by atoms with Gasteiger partial charge < -0.3 is 9.91 Å². The fourth-order valence-corrected chi connectivity index (χ4v) is 5.91. The Morgan fingerprint density at radius 2 is 1.88 bits per heavy atom. The van der Waals surface area contributed by atoms with Crippen LogP contribution in [-0.4, -0.2) is 57.4 Å². The summed E-state index contributed by atoms with van der Waals surface area (Å²) in [5, 5.41) is 10.7. The van der Waals surface area contributed by atoms with Crippen LogP contribution in [0, 0.1) is 11.3 Å². The Hall–Kier alpha value is -2.50. The van der Waals surface area contributed by atoms with E-state index in [0.29, 0.717) is 24.4 Å². The number of hydrogen-bond donors (Lipinski definition) is 1. The third kappa shape index (κ3) is 5.11. The molecule has 0 aromatic heterocycles. The number of fused-ring (bicyclic) bond motifs is 2. The molecule has 2 N–H and O–H groups in total. The second-order valence-corrected chi connectivity index (χ2v) is 10.1. The molecule has 3 fully saturated rings. The Balaban J connectivity index is 1.56. The lowest BCUT2D eigenvalue weighted by Crippen LogP contribution is -2.57. The van der Waals surface area contributed by atoms with Crippen molar-refractivity contribution < 1.29 is 13.6 Å². The zero-order valence-corrected chi connectivity index (χ0v) is 20.1. The molecule has 3 aliphatic rings. The maximum atomic E-state index is 14.1. The van der Waals surface area contributed by atoms with Gasteiger partial charge in [0.1, 0.15) is 5.70 Å². The van der Waals surface area contributed by atoms with E-state index in [2.05, 4.69) is 17.9 Å². The monoisotopic (exact) mass is 471 g/mol. The lowest BCUT2D eigenvalue weighted by Gasteiger charge is -2.44. The number of nitrogens with zero attached hydrogens (tertiary/aromatic N) is 4. The molecule has 3 aliphatic heterocycles.